The lowest BCUT2D eigenvalue weighted by Crippen LogP contribution is -2.39. The number of aromatic nitrogens is 6. The van der Waals surface area contributed by atoms with Gasteiger partial charge in [0.15, 0.2) is 5.82 Å². The average Bonchev–Trinajstić information content (AvgIpc) is 3.49. The van der Waals surface area contributed by atoms with Gasteiger partial charge in [-0.2, -0.15) is 10.2 Å². The van der Waals surface area contributed by atoms with Gasteiger partial charge in [0.1, 0.15) is 5.82 Å². The lowest BCUT2D eigenvalue weighted by Gasteiger charge is -2.30. The fraction of sp³-hybridized carbons (Fsp3) is 0.444. The van der Waals surface area contributed by atoms with E-state index in [4.69, 9.17) is 9.72 Å². The number of likely N-dealkylation sites (tertiary alicyclic amines) is 1. The summed E-state index contributed by atoms with van der Waals surface area (Å²) in [5.41, 5.74) is 4.85. The average molecular weight is 485 g/mol. The van der Waals surface area contributed by atoms with Gasteiger partial charge in [-0.1, -0.05) is 13.8 Å². The van der Waals surface area contributed by atoms with Crippen LogP contribution in [0.4, 0.5) is 11.6 Å². The number of nitrogens with zero attached hydrogens (tertiary/aromatic N) is 7. The molecule has 4 aromatic rings. The van der Waals surface area contributed by atoms with Crippen LogP contribution in [0, 0.1) is 5.92 Å². The van der Waals surface area contributed by atoms with Crippen LogP contribution in [-0.2, 0) is 11.3 Å². The predicted molar refractivity (Wildman–Crippen MR) is 139 cm³/mol. The minimum atomic E-state index is 0.382. The Hall–Kier alpha value is -3.43. The van der Waals surface area contributed by atoms with Crippen LogP contribution in [0.3, 0.4) is 0 Å². The lowest BCUT2D eigenvalue weighted by molar-refractivity contribution is 0.0834. The van der Waals surface area contributed by atoms with Crippen molar-refractivity contribution >= 4 is 22.7 Å². The molecule has 0 saturated carbocycles. The van der Waals surface area contributed by atoms with Crippen LogP contribution in [-0.4, -0.2) is 67.2 Å². The standard InChI is InChI=1S/C27H32N8O/c1-18(2)20-10-27(33-29-12-20)32-26-5-4-24-25(31-26)9-21(11-28-24)22-13-30-35(15-22)7-3-6-34-14-19-8-23(16-34)36-17-19/h4-5,9-13,15,18-19,23H,3,6-8,14,16-17H2,1-2H3,(H,31,32,33). The van der Waals surface area contributed by atoms with E-state index in [1.54, 1.807) is 6.20 Å². The first-order valence-electron chi connectivity index (χ1n) is 12.8. The highest BCUT2D eigenvalue weighted by Crippen LogP contribution is 2.27. The zero-order chi connectivity index (χ0) is 24.5. The van der Waals surface area contributed by atoms with E-state index >= 15 is 0 Å². The van der Waals surface area contributed by atoms with Gasteiger partial charge in [-0.05, 0) is 54.5 Å². The molecule has 0 spiro atoms. The fourth-order valence-corrected chi connectivity index (χ4v) is 5.16. The van der Waals surface area contributed by atoms with Gasteiger partial charge in [-0.25, -0.2) is 4.98 Å². The molecule has 1 N–H and O–H groups in total. The summed E-state index contributed by atoms with van der Waals surface area (Å²) in [5, 5.41) is 16.2. The molecular weight excluding hydrogens is 452 g/mol. The van der Waals surface area contributed by atoms with Gasteiger partial charge >= 0.3 is 0 Å². The van der Waals surface area contributed by atoms with E-state index in [1.165, 1.54) is 13.0 Å². The molecule has 6 heterocycles. The lowest BCUT2D eigenvalue weighted by atomic mass is 10.0. The minimum absolute atomic E-state index is 0.382. The zero-order valence-electron chi connectivity index (χ0n) is 20.8. The summed E-state index contributed by atoms with van der Waals surface area (Å²) in [6.07, 6.45) is 10.5. The number of nitrogens with one attached hydrogen (secondary N) is 1. The topological polar surface area (TPSA) is 93.9 Å². The second-order valence-corrected chi connectivity index (χ2v) is 10.3. The number of hydrogen-bond donors (Lipinski definition) is 1. The molecule has 4 aromatic heterocycles. The monoisotopic (exact) mass is 484 g/mol. The Kier molecular flexibility index (Phi) is 6.33. The Morgan fingerprint density at radius 1 is 1.03 bits per heavy atom. The number of anilines is 2. The summed E-state index contributed by atoms with van der Waals surface area (Å²) >= 11 is 0. The third-order valence-corrected chi connectivity index (χ3v) is 7.11. The van der Waals surface area contributed by atoms with E-state index in [2.05, 4.69) is 56.6 Å². The first-order valence-corrected chi connectivity index (χ1v) is 12.8. The van der Waals surface area contributed by atoms with Crippen molar-refractivity contribution in [1.82, 2.24) is 34.8 Å². The van der Waals surface area contributed by atoms with Crippen molar-refractivity contribution < 1.29 is 4.74 Å². The van der Waals surface area contributed by atoms with E-state index in [1.807, 2.05) is 35.3 Å². The molecule has 0 aliphatic carbocycles. The molecule has 6 rings (SSSR count). The fourth-order valence-electron chi connectivity index (χ4n) is 5.16. The van der Waals surface area contributed by atoms with Crippen LogP contribution in [0.5, 0.6) is 0 Å². The molecule has 0 aromatic carbocycles. The van der Waals surface area contributed by atoms with Crippen molar-refractivity contribution in [2.45, 2.75) is 45.3 Å². The van der Waals surface area contributed by atoms with Crippen LogP contribution in [0.25, 0.3) is 22.2 Å². The van der Waals surface area contributed by atoms with Crippen LogP contribution in [0.2, 0.25) is 0 Å². The van der Waals surface area contributed by atoms with E-state index < -0.39 is 0 Å². The molecular formula is C27H32N8O. The highest BCUT2D eigenvalue weighted by Gasteiger charge is 2.33. The quantitative estimate of drug-likeness (QED) is 0.396. The highest BCUT2D eigenvalue weighted by molar-refractivity contribution is 5.81. The van der Waals surface area contributed by atoms with Gasteiger partial charge in [0.2, 0.25) is 0 Å². The molecule has 2 aliphatic rings. The Morgan fingerprint density at radius 3 is 2.86 bits per heavy atom. The number of piperidine rings is 1. The number of ether oxygens (including phenoxy) is 1. The molecule has 9 heteroatoms. The van der Waals surface area contributed by atoms with E-state index in [9.17, 15) is 0 Å². The molecule has 186 valence electrons. The molecule has 2 aliphatic heterocycles. The summed E-state index contributed by atoms with van der Waals surface area (Å²) in [6, 6.07) is 7.95. The minimum Gasteiger partial charge on any atom is -0.377 e. The largest absolute Gasteiger partial charge is 0.377 e. The van der Waals surface area contributed by atoms with Crippen molar-refractivity contribution in [3.63, 3.8) is 0 Å². The van der Waals surface area contributed by atoms with Crippen LogP contribution >= 0.6 is 0 Å². The molecule has 2 saturated heterocycles. The van der Waals surface area contributed by atoms with Crippen LogP contribution in [0.15, 0.2) is 49.1 Å². The maximum atomic E-state index is 5.82. The van der Waals surface area contributed by atoms with Crippen molar-refractivity contribution in [2.75, 3.05) is 31.6 Å². The summed E-state index contributed by atoms with van der Waals surface area (Å²) in [5.74, 6) is 2.50. The van der Waals surface area contributed by atoms with E-state index in [-0.39, 0.29) is 0 Å². The van der Waals surface area contributed by atoms with Gasteiger partial charge in [0, 0.05) is 49.7 Å². The Labute approximate surface area is 210 Å². The summed E-state index contributed by atoms with van der Waals surface area (Å²) in [4.78, 5) is 11.9. The Balaban J connectivity index is 1.12. The third kappa shape index (κ3) is 5.08. The van der Waals surface area contributed by atoms with Crippen LogP contribution < -0.4 is 5.32 Å². The first kappa shape index (κ1) is 23.0. The molecule has 2 bridgehead atoms. The number of pyridine rings is 2. The molecule has 36 heavy (non-hydrogen) atoms. The third-order valence-electron chi connectivity index (χ3n) is 7.11. The van der Waals surface area contributed by atoms with Gasteiger partial charge < -0.3 is 15.0 Å². The summed E-state index contributed by atoms with van der Waals surface area (Å²) < 4.78 is 7.85. The normalized spacial score (nSPS) is 19.9. The van der Waals surface area contributed by atoms with Gasteiger partial charge in [0.25, 0.3) is 0 Å². The van der Waals surface area contributed by atoms with Crippen molar-refractivity contribution in [3.8, 4) is 11.1 Å². The Morgan fingerprint density at radius 2 is 1.97 bits per heavy atom. The number of fused-ring (bicyclic) bond motifs is 3. The molecule has 0 radical (unpaired) electrons. The highest BCUT2D eigenvalue weighted by atomic mass is 16.5. The van der Waals surface area contributed by atoms with Crippen LogP contribution in [0.1, 0.15) is 38.2 Å². The SMILES string of the molecule is CC(C)c1cnnc(Nc2ccc3ncc(-c4cnn(CCCN5CC6COC(C6)C5)c4)cc3n2)c1. The first-order chi connectivity index (χ1) is 17.6. The van der Waals surface area contributed by atoms with Crippen molar-refractivity contribution in [1.29, 1.82) is 0 Å². The maximum absolute atomic E-state index is 5.82. The molecule has 2 fully saturated rings. The molecule has 0 amide bonds. The predicted octanol–water partition coefficient (Wildman–Crippen LogP) is 4.26. The van der Waals surface area contributed by atoms with E-state index in [0.29, 0.717) is 23.7 Å². The molecule has 9 nitrogen and oxygen atoms in total. The summed E-state index contributed by atoms with van der Waals surface area (Å²) in [7, 11) is 0. The molecule has 2 unspecified atom stereocenters. The van der Waals surface area contributed by atoms with Crippen molar-refractivity contribution in [3.05, 3.63) is 54.6 Å². The maximum Gasteiger partial charge on any atom is 0.154 e. The van der Waals surface area contributed by atoms with Gasteiger partial charge in [-0.15, -0.1) is 5.10 Å². The number of hydrogen-bond acceptors (Lipinski definition) is 8. The van der Waals surface area contributed by atoms with E-state index in [0.717, 1.165) is 66.3 Å². The second-order valence-electron chi connectivity index (χ2n) is 10.3. The number of aryl methyl sites for hydroxylation is 1. The summed E-state index contributed by atoms with van der Waals surface area (Å²) in [6.45, 7) is 9.45. The second kappa shape index (κ2) is 9.91. The smallest absolute Gasteiger partial charge is 0.154 e. The number of rotatable bonds is 8. The van der Waals surface area contributed by atoms with Gasteiger partial charge in [-0.3, -0.25) is 9.67 Å². The van der Waals surface area contributed by atoms with Crippen molar-refractivity contribution in [2.24, 2.45) is 5.92 Å². The zero-order valence-corrected chi connectivity index (χ0v) is 20.8. The molecule has 2 atom stereocenters. The Bertz CT molecular complexity index is 1340. The van der Waals surface area contributed by atoms with Gasteiger partial charge in [0.05, 0.1) is 36.1 Å².